The Balaban J connectivity index is 2.44. The Bertz CT molecular complexity index is 425. The molecule has 0 spiro atoms. The summed E-state index contributed by atoms with van der Waals surface area (Å²) >= 11 is 0. The van der Waals surface area contributed by atoms with Crippen LogP contribution in [0.2, 0.25) is 0 Å². The van der Waals surface area contributed by atoms with Crippen molar-refractivity contribution in [3.8, 4) is 0 Å². The van der Waals surface area contributed by atoms with Crippen molar-refractivity contribution in [3.63, 3.8) is 0 Å². The third-order valence-electron chi connectivity index (χ3n) is 3.22. The standard InChI is InChI=1S/C16H26N2O2/c1-12(19)9-16(2,3)11-18-10-13-5-7-14(8-6-13)15(20)17-4/h5-8,12,18-19H,9-11H2,1-4H3,(H,17,20). The van der Waals surface area contributed by atoms with E-state index in [1.807, 2.05) is 31.2 Å². The molecule has 4 nitrogen and oxygen atoms in total. The van der Waals surface area contributed by atoms with Gasteiger partial charge in [-0.05, 0) is 36.5 Å². The molecule has 20 heavy (non-hydrogen) atoms. The van der Waals surface area contributed by atoms with Crippen LogP contribution in [-0.4, -0.2) is 30.7 Å². The average Bonchev–Trinajstić information content (AvgIpc) is 2.37. The summed E-state index contributed by atoms with van der Waals surface area (Å²) in [5.74, 6) is -0.0671. The Morgan fingerprint density at radius 3 is 2.40 bits per heavy atom. The van der Waals surface area contributed by atoms with Crippen molar-refractivity contribution in [2.75, 3.05) is 13.6 Å². The molecule has 0 saturated heterocycles. The number of carbonyl (C=O) groups is 1. The van der Waals surface area contributed by atoms with Gasteiger partial charge in [-0.3, -0.25) is 4.79 Å². The Morgan fingerprint density at radius 1 is 1.30 bits per heavy atom. The van der Waals surface area contributed by atoms with E-state index in [4.69, 9.17) is 0 Å². The van der Waals surface area contributed by atoms with E-state index in [-0.39, 0.29) is 17.4 Å². The van der Waals surface area contributed by atoms with Gasteiger partial charge in [-0.25, -0.2) is 0 Å². The van der Waals surface area contributed by atoms with Gasteiger partial charge in [0.2, 0.25) is 0 Å². The lowest BCUT2D eigenvalue weighted by Crippen LogP contribution is -2.31. The summed E-state index contributed by atoms with van der Waals surface area (Å²) in [6.07, 6.45) is 0.494. The summed E-state index contributed by atoms with van der Waals surface area (Å²) in [6, 6.07) is 7.58. The fraction of sp³-hybridized carbons (Fsp3) is 0.562. The van der Waals surface area contributed by atoms with Crippen LogP contribution >= 0.6 is 0 Å². The van der Waals surface area contributed by atoms with Crippen LogP contribution in [0, 0.1) is 5.41 Å². The molecule has 1 atom stereocenters. The van der Waals surface area contributed by atoms with Gasteiger partial charge in [-0.15, -0.1) is 0 Å². The van der Waals surface area contributed by atoms with Gasteiger partial charge >= 0.3 is 0 Å². The molecule has 0 aliphatic heterocycles. The number of aliphatic hydroxyl groups is 1. The van der Waals surface area contributed by atoms with Gasteiger partial charge in [-0.2, -0.15) is 0 Å². The molecule has 1 aromatic carbocycles. The maximum Gasteiger partial charge on any atom is 0.251 e. The number of aliphatic hydroxyl groups excluding tert-OH is 1. The Morgan fingerprint density at radius 2 is 1.90 bits per heavy atom. The molecular weight excluding hydrogens is 252 g/mol. The van der Waals surface area contributed by atoms with Crippen LogP contribution in [0.3, 0.4) is 0 Å². The monoisotopic (exact) mass is 278 g/mol. The smallest absolute Gasteiger partial charge is 0.251 e. The molecule has 0 aromatic heterocycles. The van der Waals surface area contributed by atoms with Crippen LogP contribution in [0.5, 0.6) is 0 Å². The van der Waals surface area contributed by atoms with Crippen LogP contribution in [0.4, 0.5) is 0 Å². The summed E-state index contributed by atoms with van der Waals surface area (Å²) < 4.78 is 0. The highest BCUT2D eigenvalue weighted by Gasteiger charge is 2.19. The minimum Gasteiger partial charge on any atom is -0.393 e. The zero-order chi connectivity index (χ0) is 15.2. The maximum absolute atomic E-state index is 11.4. The van der Waals surface area contributed by atoms with Crippen LogP contribution in [-0.2, 0) is 6.54 Å². The van der Waals surface area contributed by atoms with Gasteiger partial charge in [0, 0.05) is 25.7 Å². The third-order valence-corrected chi connectivity index (χ3v) is 3.22. The quantitative estimate of drug-likeness (QED) is 0.714. The van der Waals surface area contributed by atoms with Gasteiger partial charge in [-0.1, -0.05) is 26.0 Å². The van der Waals surface area contributed by atoms with E-state index in [0.29, 0.717) is 5.56 Å². The first kappa shape index (κ1) is 16.7. The van der Waals surface area contributed by atoms with Crippen molar-refractivity contribution in [2.24, 2.45) is 5.41 Å². The van der Waals surface area contributed by atoms with E-state index in [1.54, 1.807) is 7.05 Å². The minimum absolute atomic E-state index is 0.0657. The molecule has 1 amide bonds. The van der Waals surface area contributed by atoms with Gasteiger partial charge in [0.25, 0.3) is 5.91 Å². The average molecular weight is 278 g/mol. The Hall–Kier alpha value is -1.39. The van der Waals surface area contributed by atoms with E-state index >= 15 is 0 Å². The number of hydrogen-bond donors (Lipinski definition) is 3. The molecule has 0 fully saturated rings. The molecular formula is C16H26N2O2. The Labute approximate surface area is 121 Å². The van der Waals surface area contributed by atoms with Crippen LogP contribution in [0.15, 0.2) is 24.3 Å². The van der Waals surface area contributed by atoms with E-state index in [2.05, 4.69) is 24.5 Å². The molecule has 1 aromatic rings. The number of nitrogens with one attached hydrogen (secondary N) is 2. The zero-order valence-electron chi connectivity index (χ0n) is 12.9. The molecule has 0 heterocycles. The van der Waals surface area contributed by atoms with Gasteiger partial charge in [0.15, 0.2) is 0 Å². The van der Waals surface area contributed by atoms with Crippen molar-refractivity contribution in [1.29, 1.82) is 0 Å². The molecule has 0 aliphatic rings. The minimum atomic E-state index is -0.279. The first-order valence-corrected chi connectivity index (χ1v) is 7.04. The van der Waals surface area contributed by atoms with Gasteiger partial charge in [0.1, 0.15) is 0 Å². The molecule has 0 radical (unpaired) electrons. The van der Waals surface area contributed by atoms with E-state index in [9.17, 15) is 9.90 Å². The molecule has 3 N–H and O–H groups in total. The second-order valence-electron chi connectivity index (χ2n) is 6.10. The fourth-order valence-electron chi connectivity index (χ4n) is 2.34. The normalized spacial score (nSPS) is 13.1. The SMILES string of the molecule is CNC(=O)c1ccc(CNCC(C)(C)CC(C)O)cc1. The highest BCUT2D eigenvalue weighted by molar-refractivity contribution is 5.93. The van der Waals surface area contributed by atoms with Crippen molar-refractivity contribution in [3.05, 3.63) is 35.4 Å². The van der Waals surface area contributed by atoms with Crippen LogP contribution in [0.1, 0.15) is 43.1 Å². The van der Waals surface area contributed by atoms with Crippen molar-refractivity contribution in [2.45, 2.75) is 39.8 Å². The number of rotatable bonds is 7. The van der Waals surface area contributed by atoms with Crippen LogP contribution in [0.25, 0.3) is 0 Å². The van der Waals surface area contributed by atoms with E-state index in [0.717, 1.165) is 25.1 Å². The third kappa shape index (κ3) is 5.72. The van der Waals surface area contributed by atoms with Gasteiger partial charge < -0.3 is 15.7 Å². The molecule has 0 bridgehead atoms. The number of carbonyl (C=O) groups excluding carboxylic acids is 1. The summed E-state index contributed by atoms with van der Waals surface area (Å²) in [5, 5.41) is 15.4. The number of benzene rings is 1. The maximum atomic E-state index is 11.4. The number of amides is 1. The zero-order valence-corrected chi connectivity index (χ0v) is 12.9. The fourth-order valence-corrected chi connectivity index (χ4v) is 2.34. The highest BCUT2D eigenvalue weighted by Crippen LogP contribution is 2.21. The van der Waals surface area contributed by atoms with Crippen molar-refractivity contribution in [1.82, 2.24) is 10.6 Å². The lowest BCUT2D eigenvalue weighted by Gasteiger charge is -2.26. The molecule has 1 rings (SSSR count). The second kappa shape index (κ2) is 7.41. The predicted molar refractivity (Wildman–Crippen MR) is 81.6 cm³/mol. The van der Waals surface area contributed by atoms with Crippen LogP contribution < -0.4 is 10.6 Å². The largest absolute Gasteiger partial charge is 0.393 e. The molecule has 1 unspecified atom stereocenters. The summed E-state index contributed by atoms with van der Waals surface area (Å²) in [7, 11) is 1.63. The van der Waals surface area contributed by atoms with Crippen molar-refractivity contribution >= 4 is 5.91 Å². The highest BCUT2D eigenvalue weighted by atomic mass is 16.3. The second-order valence-corrected chi connectivity index (χ2v) is 6.10. The van der Waals surface area contributed by atoms with Crippen molar-refractivity contribution < 1.29 is 9.90 Å². The topological polar surface area (TPSA) is 61.4 Å². The van der Waals surface area contributed by atoms with Gasteiger partial charge in [0.05, 0.1) is 6.10 Å². The molecule has 112 valence electrons. The predicted octanol–water partition coefficient (Wildman–Crippen LogP) is 1.93. The Kier molecular flexibility index (Phi) is 6.17. The van der Waals surface area contributed by atoms with E-state index in [1.165, 1.54) is 0 Å². The molecule has 4 heteroatoms. The first-order chi connectivity index (χ1) is 9.34. The number of hydrogen-bond acceptors (Lipinski definition) is 3. The lowest BCUT2D eigenvalue weighted by atomic mass is 9.87. The summed E-state index contributed by atoms with van der Waals surface area (Å²) in [5.41, 5.74) is 1.88. The summed E-state index contributed by atoms with van der Waals surface area (Å²) in [6.45, 7) is 7.70. The molecule has 0 aliphatic carbocycles. The van der Waals surface area contributed by atoms with E-state index < -0.39 is 0 Å². The first-order valence-electron chi connectivity index (χ1n) is 7.04. The summed E-state index contributed by atoms with van der Waals surface area (Å²) in [4.78, 5) is 11.4. The lowest BCUT2D eigenvalue weighted by molar-refractivity contribution is 0.0963. The molecule has 0 saturated carbocycles.